The van der Waals surface area contributed by atoms with E-state index in [2.05, 4.69) is 0 Å². The van der Waals surface area contributed by atoms with Gasteiger partial charge in [-0.15, -0.1) is 0 Å². The van der Waals surface area contributed by atoms with Gasteiger partial charge in [-0.1, -0.05) is 0 Å². The van der Waals surface area contributed by atoms with E-state index in [1.165, 1.54) is 24.3 Å². The first-order chi connectivity index (χ1) is 17.5. The van der Waals surface area contributed by atoms with Crippen LogP contribution in [-0.2, 0) is 23.8 Å². The minimum Gasteiger partial charge on any atom is -0.508 e. The van der Waals surface area contributed by atoms with Gasteiger partial charge in [0.25, 0.3) is 0 Å². The molecule has 1 aliphatic rings. The van der Waals surface area contributed by atoms with Crippen LogP contribution < -0.4 is 10.2 Å². The maximum Gasteiger partial charge on any atom is 0.303 e. The van der Waals surface area contributed by atoms with Gasteiger partial charge in [0.15, 0.2) is 23.2 Å². The Kier molecular flexibility index (Phi) is 6.83. The van der Waals surface area contributed by atoms with Gasteiger partial charge in [-0.25, -0.2) is 0 Å². The highest BCUT2D eigenvalue weighted by Crippen LogP contribution is 2.44. The first kappa shape index (κ1) is 25.6. The van der Waals surface area contributed by atoms with Crippen molar-refractivity contribution in [2.24, 2.45) is 0 Å². The molecule has 1 aliphatic heterocycles. The van der Waals surface area contributed by atoms with E-state index in [1.807, 2.05) is 0 Å². The summed E-state index contributed by atoms with van der Waals surface area (Å²) >= 11 is 0. The summed E-state index contributed by atoms with van der Waals surface area (Å²) in [6.45, 7) is 1.71. The molecule has 1 aromatic heterocycles. The van der Waals surface area contributed by atoms with Crippen LogP contribution in [0.3, 0.4) is 0 Å². The number of aliphatic hydroxyl groups is 1. The third-order valence-corrected chi connectivity index (χ3v) is 5.43. The molecule has 2 heterocycles. The molecule has 196 valence electrons. The van der Waals surface area contributed by atoms with E-state index in [4.69, 9.17) is 23.4 Å². The predicted octanol–water partition coefficient (Wildman–Crippen LogP) is 1.24. The smallest absolute Gasteiger partial charge is 0.303 e. The molecule has 0 bridgehead atoms. The van der Waals surface area contributed by atoms with Crippen molar-refractivity contribution in [2.75, 3.05) is 6.61 Å². The first-order valence-corrected chi connectivity index (χ1v) is 10.8. The second-order valence-corrected chi connectivity index (χ2v) is 8.14. The Bertz CT molecular complexity index is 1410. The molecule has 0 aliphatic carbocycles. The Labute approximate surface area is 207 Å². The third kappa shape index (κ3) is 4.94. The second-order valence-electron chi connectivity index (χ2n) is 8.14. The molecule has 0 radical (unpaired) electrons. The monoisotopic (exact) mass is 518 g/mol. The number of hydrogen-bond acceptors (Lipinski definition) is 13. The summed E-state index contributed by atoms with van der Waals surface area (Å²) in [5.74, 6) is -4.98. The molecule has 0 spiro atoms. The average molecular weight is 518 g/mol. The summed E-state index contributed by atoms with van der Waals surface area (Å²) in [5.41, 5.74) is -1.42. The van der Waals surface area contributed by atoms with Crippen molar-refractivity contribution in [3.63, 3.8) is 0 Å². The number of carbonyl (C=O) groups is 2. The fourth-order valence-electron chi connectivity index (χ4n) is 3.85. The quantitative estimate of drug-likeness (QED) is 0.302. The van der Waals surface area contributed by atoms with Crippen molar-refractivity contribution < 1.29 is 58.5 Å². The van der Waals surface area contributed by atoms with E-state index in [0.717, 1.165) is 19.9 Å². The number of esters is 2. The third-order valence-electron chi connectivity index (χ3n) is 5.43. The van der Waals surface area contributed by atoms with E-state index < -0.39 is 82.5 Å². The number of phenols is 3. The van der Waals surface area contributed by atoms with Crippen LogP contribution in [0.1, 0.15) is 13.8 Å². The SMILES string of the molecule is CC(=O)OC1[C@H](Oc2c(O)cc(O)c3c(=O)c(O)c(-c4ccc(O)cc4)oc23)OC[C@@H](O)[C@@H]1OC(C)=O. The van der Waals surface area contributed by atoms with Crippen LogP contribution in [0.2, 0.25) is 0 Å². The number of ether oxygens (including phenoxy) is 4. The fraction of sp³-hybridized carbons (Fsp3) is 0.292. The largest absolute Gasteiger partial charge is 0.508 e. The highest BCUT2D eigenvalue weighted by atomic mass is 16.7. The summed E-state index contributed by atoms with van der Waals surface area (Å²) in [6, 6.07) is 5.99. The van der Waals surface area contributed by atoms with E-state index in [0.29, 0.717) is 0 Å². The van der Waals surface area contributed by atoms with E-state index in [-0.39, 0.29) is 17.1 Å². The van der Waals surface area contributed by atoms with Crippen molar-refractivity contribution in [3.05, 3.63) is 40.6 Å². The number of benzene rings is 2. The molecular formula is C24H22O13. The van der Waals surface area contributed by atoms with Crippen LogP contribution in [0, 0.1) is 0 Å². The van der Waals surface area contributed by atoms with E-state index in [9.17, 15) is 39.9 Å². The van der Waals surface area contributed by atoms with Gasteiger partial charge in [0.2, 0.25) is 29.3 Å². The second kappa shape index (κ2) is 9.87. The highest BCUT2D eigenvalue weighted by Gasteiger charge is 2.46. The molecule has 0 saturated carbocycles. The summed E-state index contributed by atoms with van der Waals surface area (Å²) in [4.78, 5) is 36.3. The minimum absolute atomic E-state index is 0.0961. The molecule has 5 N–H and O–H groups in total. The van der Waals surface area contributed by atoms with Gasteiger partial charge in [0, 0.05) is 25.5 Å². The fourth-order valence-corrected chi connectivity index (χ4v) is 3.85. The zero-order valence-electron chi connectivity index (χ0n) is 19.4. The zero-order chi connectivity index (χ0) is 27.0. The highest BCUT2D eigenvalue weighted by molar-refractivity contribution is 5.93. The number of phenolic OH excluding ortho intramolecular Hbond substituents is 3. The summed E-state index contributed by atoms with van der Waals surface area (Å²) in [5, 5.41) is 50.6. The zero-order valence-corrected chi connectivity index (χ0v) is 19.4. The first-order valence-electron chi connectivity index (χ1n) is 10.8. The summed E-state index contributed by atoms with van der Waals surface area (Å²) < 4.78 is 27.1. The van der Waals surface area contributed by atoms with Crippen LogP contribution in [-0.4, -0.2) is 68.7 Å². The Balaban J connectivity index is 1.86. The molecule has 1 unspecified atom stereocenters. The number of fused-ring (bicyclic) bond motifs is 1. The maximum atomic E-state index is 12.9. The van der Waals surface area contributed by atoms with Crippen molar-refractivity contribution in [2.45, 2.75) is 38.4 Å². The van der Waals surface area contributed by atoms with Crippen LogP contribution >= 0.6 is 0 Å². The lowest BCUT2D eigenvalue weighted by atomic mass is 10.0. The number of aliphatic hydroxyl groups excluding tert-OH is 1. The Morgan fingerprint density at radius 3 is 2.19 bits per heavy atom. The molecule has 3 aromatic rings. The molecule has 0 amide bonds. The van der Waals surface area contributed by atoms with Gasteiger partial charge in [-0.05, 0) is 24.3 Å². The van der Waals surface area contributed by atoms with Gasteiger partial charge in [-0.3, -0.25) is 14.4 Å². The molecule has 37 heavy (non-hydrogen) atoms. The van der Waals surface area contributed by atoms with Gasteiger partial charge < -0.3 is 48.9 Å². The number of aromatic hydroxyl groups is 4. The van der Waals surface area contributed by atoms with Crippen LogP contribution in [0.15, 0.2) is 39.5 Å². The van der Waals surface area contributed by atoms with E-state index in [1.54, 1.807) is 0 Å². The summed E-state index contributed by atoms with van der Waals surface area (Å²) in [6.07, 6.45) is -5.91. The van der Waals surface area contributed by atoms with Gasteiger partial charge in [0.05, 0.1) is 6.61 Å². The number of carbonyl (C=O) groups excluding carboxylic acids is 2. The number of hydrogen-bond donors (Lipinski definition) is 5. The molecule has 4 rings (SSSR count). The van der Waals surface area contributed by atoms with Crippen LogP contribution in [0.25, 0.3) is 22.3 Å². The lowest BCUT2D eigenvalue weighted by Crippen LogP contribution is -2.58. The van der Waals surface area contributed by atoms with Gasteiger partial charge in [0.1, 0.15) is 23.0 Å². The Morgan fingerprint density at radius 1 is 0.946 bits per heavy atom. The standard InChI is InChI=1S/C24H22O13/c1-9(25)34-21-15(30)8-33-24(23(21)35-10(2)26)37-20-14(29)7-13(28)16-17(31)18(32)19(36-22(16)20)11-3-5-12(27)6-4-11/h3-7,15,21,23-24,27-30,32H,8H2,1-2H3/t15-,21+,23?,24+/m1/s1. The molecule has 1 saturated heterocycles. The maximum absolute atomic E-state index is 12.9. The van der Waals surface area contributed by atoms with Crippen molar-refractivity contribution in [1.29, 1.82) is 0 Å². The topological polar surface area (TPSA) is 202 Å². The normalized spacial score (nSPS) is 21.4. The van der Waals surface area contributed by atoms with Crippen LogP contribution in [0.4, 0.5) is 0 Å². The van der Waals surface area contributed by atoms with Crippen molar-refractivity contribution >= 4 is 22.9 Å². The van der Waals surface area contributed by atoms with Gasteiger partial charge >= 0.3 is 11.9 Å². The summed E-state index contributed by atoms with van der Waals surface area (Å²) in [7, 11) is 0. The molecular weight excluding hydrogens is 496 g/mol. The van der Waals surface area contributed by atoms with Gasteiger partial charge in [-0.2, -0.15) is 0 Å². The molecule has 1 fully saturated rings. The molecule has 2 aromatic carbocycles. The molecule has 13 heteroatoms. The molecule has 4 atom stereocenters. The Morgan fingerprint density at radius 2 is 1.57 bits per heavy atom. The van der Waals surface area contributed by atoms with Crippen molar-refractivity contribution in [3.8, 4) is 40.1 Å². The lowest BCUT2D eigenvalue weighted by molar-refractivity contribution is -0.256. The van der Waals surface area contributed by atoms with Crippen molar-refractivity contribution in [1.82, 2.24) is 0 Å². The Hall–Kier alpha value is -4.49. The number of rotatable bonds is 5. The predicted molar refractivity (Wildman–Crippen MR) is 122 cm³/mol. The van der Waals surface area contributed by atoms with Crippen LogP contribution in [0.5, 0.6) is 28.7 Å². The lowest BCUT2D eigenvalue weighted by Gasteiger charge is -2.38. The molecule has 13 nitrogen and oxygen atoms in total. The average Bonchev–Trinajstić information content (AvgIpc) is 2.82. The van der Waals surface area contributed by atoms with E-state index >= 15 is 0 Å². The minimum atomic E-state index is -1.59.